The number of carbonyl (C=O) groups is 1. The highest BCUT2D eigenvalue weighted by Crippen LogP contribution is 2.38. The number of rotatable bonds is 7. The molecule has 0 atom stereocenters. The van der Waals surface area contributed by atoms with Gasteiger partial charge in [-0.3, -0.25) is 9.69 Å². The predicted molar refractivity (Wildman–Crippen MR) is 101 cm³/mol. The van der Waals surface area contributed by atoms with E-state index in [0.717, 1.165) is 18.5 Å². The zero-order valence-electron chi connectivity index (χ0n) is 15.6. The van der Waals surface area contributed by atoms with Crippen LogP contribution in [-0.4, -0.2) is 49.2 Å². The molecule has 1 heterocycles. The molecule has 1 aliphatic rings. The van der Waals surface area contributed by atoms with Crippen molar-refractivity contribution >= 4 is 17.5 Å². The van der Waals surface area contributed by atoms with Crippen LogP contribution in [0.4, 0.5) is 0 Å². The Balaban J connectivity index is 1.90. The smallest absolute Gasteiger partial charge is 0.224 e. The molecule has 140 valence electrons. The number of fused-ring (bicyclic) bond motifs is 1. The number of benzene rings is 1. The summed E-state index contributed by atoms with van der Waals surface area (Å²) >= 11 is 6.28. The number of halogens is 1. The largest absolute Gasteiger partial charge is 0.489 e. The molecule has 5 nitrogen and oxygen atoms in total. The Morgan fingerprint density at radius 1 is 1.20 bits per heavy atom. The summed E-state index contributed by atoms with van der Waals surface area (Å²) in [7, 11) is 0. The van der Waals surface area contributed by atoms with E-state index in [4.69, 9.17) is 21.1 Å². The van der Waals surface area contributed by atoms with Gasteiger partial charge in [-0.05, 0) is 45.4 Å². The third kappa shape index (κ3) is 5.79. The Bertz CT molecular complexity index is 582. The van der Waals surface area contributed by atoms with Crippen LogP contribution in [0.15, 0.2) is 12.1 Å². The van der Waals surface area contributed by atoms with E-state index in [1.54, 1.807) is 6.07 Å². The third-order valence-corrected chi connectivity index (χ3v) is 4.53. The van der Waals surface area contributed by atoms with Crippen molar-refractivity contribution in [2.45, 2.75) is 52.6 Å². The summed E-state index contributed by atoms with van der Waals surface area (Å²) in [5.74, 6) is 1.18. The van der Waals surface area contributed by atoms with E-state index >= 15 is 0 Å². The Kier molecular flexibility index (Phi) is 7.38. The van der Waals surface area contributed by atoms with Crippen molar-refractivity contribution in [1.29, 1.82) is 0 Å². The molecule has 0 aromatic heterocycles. The standard InChI is InChI=1S/C19H29ClN2O3/c1-13(2)22(14(3)4)7-6-21-18(23)12-15-10-16(20)19-17(11-15)24-8-5-9-25-19/h10-11,13-14H,5-9,12H2,1-4H3,(H,21,23). The van der Waals surface area contributed by atoms with Gasteiger partial charge in [0.1, 0.15) is 0 Å². The van der Waals surface area contributed by atoms with Crippen molar-refractivity contribution in [2.24, 2.45) is 0 Å². The topological polar surface area (TPSA) is 50.8 Å². The average molecular weight is 369 g/mol. The second kappa shape index (κ2) is 9.30. The number of carbonyl (C=O) groups excluding carboxylic acids is 1. The van der Waals surface area contributed by atoms with Crippen molar-refractivity contribution in [3.05, 3.63) is 22.7 Å². The van der Waals surface area contributed by atoms with E-state index in [1.165, 1.54) is 0 Å². The van der Waals surface area contributed by atoms with Crippen LogP contribution in [0.2, 0.25) is 5.02 Å². The van der Waals surface area contributed by atoms with Crippen molar-refractivity contribution < 1.29 is 14.3 Å². The number of hydrogen-bond acceptors (Lipinski definition) is 4. The summed E-state index contributed by atoms with van der Waals surface area (Å²) in [5.41, 5.74) is 0.830. The molecule has 0 spiro atoms. The van der Waals surface area contributed by atoms with Crippen LogP contribution in [0.3, 0.4) is 0 Å². The summed E-state index contributed by atoms with van der Waals surface area (Å²) in [5, 5.41) is 3.48. The maximum absolute atomic E-state index is 12.2. The van der Waals surface area contributed by atoms with E-state index < -0.39 is 0 Å². The molecular formula is C19H29ClN2O3. The van der Waals surface area contributed by atoms with Crippen LogP contribution < -0.4 is 14.8 Å². The first kappa shape index (κ1) is 19.9. The molecule has 1 amide bonds. The second-order valence-electron chi connectivity index (χ2n) is 6.91. The molecule has 25 heavy (non-hydrogen) atoms. The molecule has 0 unspecified atom stereocenters. The van der Waals surface area contributed by atoms with E-state index in [9.17, 15) is 4.79 Å². The lowest BCUT2D eigenvalue weighted by molar-refractivity contribution is -0.120. The molecule has 0 radical (unpaired) electrons. The minimum atomic E-state index is -0.0157. The Morgan fingerprint density at radius 3 is 2.56 bits per heavy atom. The van der Waals surface area contributed by atoms with Crippen molar-refractivity contribution in [2.75, 3.05) is 26.3 Å². The van der Waals surface area contributed by atoms with Gasteiger partial charge in [0.25, 0.3) is 0 Å². The maximum atomic E-state index is 12.2. The van der Waals surface area contributed by atoms with Crippen LogP contribution in [0.25, 0.3) is 0 Å². The van der Waals surface area contributed by atoms with E-state index in [2.05, 4.69) is 37.9 Å². The van der Waals surface area contributed by atoms with Crippen LogP contribution in [0.1, 0.15) is 39.7 Å². The zero-order chi connectivity index (χ0) is 18.4. The van der Waals surface area contributed by atoms with Gasteiger partial charge in [-0.1, -0.05) is 11.6 Å². The monoisotopic (exact) mass is 368 g/mol. The van der Waals surface area contributed by atoms with E-state index in [-0.39, 0.29) is 12.3 Å². The fraction of sp³-hybridized carbons (Fsp3) is 0.632. The van der Waals surface area contributed by atoms with Gasteiger partial charge in [0.05, 0.1) is 24.7 Å². The van der Waals surface area contributed by atoms with E-state index in [0.29, 0.717) is 48.4 Å². The minimum absolute atomic E-state index is 0.0157. The summed E-state index contributed by atoms with van der Waals surface area (Å²) in [4.78, 5) is 14.6. The molecule has 0 bridgehead atoms. The SMILES string of the molecule is CC(C)N(CCNC(=O)Cc1cc(Cl)c2c(c1)OCCCO2)C(C)C. The van der Waals surface area contributed by atoms with Gasteiger partial charge in [-0.25, -0.2) is 0 Å². The Labute approximate surface area is 155 Å². The van der Waals surface area contributed by atoms with Gasteiger partial charge in [-0.2, -0.15) is 0 Å². The van der Waals surface area contributed by atoms with Gasteiger partial charge in [-0.15, -0.1) is 0 Å². The number of ether oxygens (including phenoxy) is 2. The summed E-state index contributed by atoms with van der Waals surface area (Å²) < 4.78 is 11.3. The molecule has 2 rings (SSSR count). The first-order valence-corrected chi connectivity index (χ1v) is 9.36. The normalized spacial score (nSPS) is 14.1. The second-order valence-corrected chi connectivity index (χ2v) is 7.31. The van der Waals surface area contributed by atoms with Gasteiger partial charge in [0, 0.05) is 31.6 Å². The maximum Gasteiger partial charge on any atom is 0.224 e. The summed E-state index contributed by atoms with van der Waals surface area (Å²) in [6.07, 6.45) is 1.10. The first-order chi connectivity index (χ1) is 11.9. The lowest BCUT2D eigenvalue weighted by Gasteiger charge is -2.30. The molecule has 0 aliphatic carbocycles. The van der Waals surface area contributed by atoms with Gasteiger partial charge in [0.2, 0.25) is 5.91 Å². The molecule has 0 saturated heterocycles. The van der Waals surface area contributed by atoms with Gasteiger partial charge < -0.3 is 14.8 Å². The molecule has 6 heteroatoms. The number of nitrogens with zero attached hydrogens (tertiary/aromatic N) is 1. The first-order valence-electron chi connectivity index (χ1n) is 8.99. The van der Waals surface area contributed by atoms with Crippen LogP contribution in [0.5, 0.6) is 11.5 Å². The third-order valence-electron chi connectivity index (χ3n) is 4.25. The molecule has 1 aromatic carbocycles. The lowest BCUT2D eigenvalue weighted by Crippen LogP contribution is -2.42. The molecule has 1 aromatic rings. The lowest BCUT2D eigenvalue weighted by atomic mass is 10.1. The predicted octanol–water partition coefficient (Wildman–Crippen LogP) is 3.28. The molecule has 0 fully saturated rings. The average Bonchev–Trinajstić information content (AvgIpc) is 2.76. The van der Waals surface area contributed by atoms with Gasteiger partial charge in [0.15, 0.2) is 11.5 Å². The van der Waals surface area contributed by atoms with Crippen molar-refractivity contribution in [1.82, 2.24) is 10.2 Å². The quantitative estimate of drug-likeness (QED) is 0.802. The van der Waals surface area contributed by atoms with Crippen LogP contribution >= 0.6 is 11.6 Å². The highest BCUT2D eigenvalue weighted by Gasteiger charge is 2.17. The van der Waals surface area contributed by atoms with Crippen LogP contribution in [-0.2, 0) is 11.2 Å². The number of hydrogen-bond donors (Lipinski definition) is 1. The van der Waals surface area contributed by atoms with Crippen LogP contribution in [0, 0.1) is 0 Å². The van der Waals surface area contributed by atoms with Gasteiger partial charge >= 0.3 is 0 Å². The summed E-state index contributed by atoms with van der Waals surface area (Å²) in [6, 6.07) is 4.54. The van der Waals surface area contributed by atoms with Crippen molar-refractivity contribution in [3.8, 4) is 11.5 Å². The number of nitrogens with one attached hydrogen (secondary N) is 1. The molecular weight excluding hydrogens is 340 g/mol. The zero-order valence-corrected chi connectivity index (χ0v) is 16.4. The Hall–Kier alpha value is -1.46. The molecule has 1 N–H and O–H groups in total. The number of amides is 1. The molecule has 0 saturated carbocycles. The fourth-order valence-electron chi connectivity index (χ4n) is 3.07. The summed E-state index contributed by atoms with van der Waals surface area (Å²) in [6.45, 7) is 11.3. The Morgan fingerprint density at radius 2 is 1.88 bits per heavy atom. The van der Waals surface area contributed by atoms with Crippen molar-refractivity contribution in [3.63, 3.8) is 0 Å². The fourth-order valence-corrected chi connectivity index (χ4v) is 3.36. The minimum Gasteiger partial charge on any atom is -0.489 e. The highest BCUT2D eigenvalue weighted by molar-refractivity contribution is 6.32. The van der Waals surface area contributed by atoms with E-state index in [1.807, 2.05) is 6.07 Å². The highest BCUT2D eigenvalue weighted by atomic mass is 35.5. The molecule has 1 aliphatic heterocycles.